The molecule has 4 heteroatoms. The average Bonchev–Trinajstić information content (AvgIpc) is 2.70. The first-order valence-corrected chi connectivity index (χ1v) is 10.8. The van der Waals surface area contributed by atoms with Crippen LogP contribution in [-0.2, 0) is 4.74 Å². The van der Waals surface area contributed by atoms with Gasteiger partial charge in [0.2, 0.25) is 5.82 Å². The highest BCUT2D eigenvalue weighted by molar-refractivity contribution is 5.44. The van der Waals surface area contributed by atoms with E-state index in [-0.39, 0.29) is 17.6 Å². The van der Waals surface area contributed by atoms with Crippen molar-refractivity contribution < 1.29 is 18.6 Å². The predicted octanol–water partition coefficient (Wildman–Crippen LogP) is 6.31. The zero-order chi connectivity index (χ0) is 19.2. The molecule has 0 N–H and O–H groups in total. The maximum absolute atomic E-state index is 14.6. The molecule has 0 bridgehead atoms. The summed E-state index contributed by atoms with van der Waals surface area (Å²) in [7, 11) is 1.51. The molecule has 3 rings (SSSR count). The molecule has 1 heterocycles. The maximum Gasteiger partial charge on any atom is 0.207 e. The van der Waals surface area contributed by atoms with Gasteiger partial charge in [-0.05, 0) is 62.5 Å². The molecule has 1 saturated heterocycles. The third-order valence-corrected chi connectivity index (χ3v) is 6.51. The van der Waals surface area contributed by atoms with E-state index in [0.29, 0.717) is 12.5 Å². The van der Waals surface area contributed by atoms with Crippen LogP contribution in [0.2, 0.25) is 0 Å². The Kier molecular flexibility index (Phi) is 7.40. The van der Waals surface area contributed by atoms with Gasteiger partial charge in [0, 0.05) is 5.56 Å². The number of rotatable bonds is 7. The van der Waals surface area contributed by atoms with Gasteiger partial charge in [0.05, 0.1) is 26.4 Å². The third-order valence-electron chi connectivity index (χ3n) is 6.51. The number of hydrogen-bond donors (Lipinski definition) is 0. The summed E-state index contributed by atoms with van der Waals surface area (Å²) in [5.41, 5.74) is 0.809. The van der Waals surface area contributed by atoms with Gasteiger partial charge < -0.3 is 14.2 Å². The van der Waals surface area contributed by atoms with Gasteiger partial charge in [0.15, 0.2) is 11.5 Å². The topological polar surface area (TPSA) is 27.7 Å². The molecule has 1 aliphatic carbocycles. The van der Waals surface area contributed by atoms with Crippen LogP contribution in [0.5, 0.6) is 11.5 Å². The fourth-order valence-corrected chi connectivity index (χ4v) is 5.03. The van der Waals surface area contributed by atoms with Crippen LogP contribution in [0.15, 0.2) is 12.1 Å². The molecular weight excluding hydrogens is 343 g/mol. The number of halogens is 1. The summed E-state index contributed by atoms with van der Waals surface area (Å²) in [6.07, 6.45) is 10.2. The van der Waals surface area contributed by atoms with Crippen LogP contribution in [0.1, 0.15) is 76.9 Å². The second kappa shape index (κ2) is 9.77. The molecule has 2 atom stereocenters. The number of hydrogen-bond acceptors (Lipinski definition) is 3. The molecule has 2 unspecified atom stereocenters. The Morgan fingerprint density at radius 3 is 2.37 bits per heavy atom. The van der Waals surface area contributed by atoms with Crippen LogP contribution in [-0.4, -0.2) is 20.3 Å². The fourth-order valence-electron chi connectivity index (χ4n) is 5.03. The summed E-state index contributed by atoms with van der Waals surface area (Å²) in [6, 6.07) is 3.59. The van der Waals surface area contributed by atoms with E-state index in [9.17, 15) is 4.39 Å². The van der Waals surface area contributed by atoms with Crippen molar-refractivity contribution in [2.75, 3.05) is 20.3 Å². The second-order valence-electron chi connectivity index (χ2n) is 8.16. The number of methoxy groups -OCH3 is 1. The maximum atomic E-state index is 14.6. The molecule has 0 amide bonds. The molecule has 1 saturated carbocycles. The van der Waals surface area contributed by atoms with Crippen molar-refractivity contribution in [3.8, 4) is 11.5 Å². The molecule has 152 valence electrons. The van der Waals surface area contributed by atoms with Crippen molar-refractivity contribution in [1.29, 1.82) is 0 Å². The SMILES string of the molecule is CCCC1CCC(C2CCC(c3ccc(OCC)c(F)c3OC)OC2)CC1. The Bertz CT molecular complexity index is 588. The predicted molar refractivity (Wildman–Crippen MR) is 106 cm³/mol. The summed E-state index contributed by atoms with van der Waals surface area (Å²) >= 11 is 0. The minimum atomic E-state index is -0.420. The van der Waals surface area contributed by atoms with E-state index in [0.717, 1.165) is 36.8 Å². The first-order valence-electron chi connectivity index (χ1n) is 10.8. The average molecular weight is 379 g/mol. The summed E-state index contributed by atoms with van der Waals surface area (Å²) in [4.78, 5) is 0. The first kappa shape index (κ1) is 20.4. The Labute approximate surface area is 163 Å². The van der Waals surface area contributed by atoms with Crippen LogP contribution in [0.25, 0.3) is 0 Å². The lowest BCUT2D eigenvalue weighted by molar-refractivity contribution is -0.0415. The molecule has 2 aliphatic rings. The Hall–Kier alpha value is -1.29. The highest BCUT2D eigenvalue weighted by Gasteiger charge is 2.33. The van der Waals surface area contributed by atoms with Crippen LogP contribution < -0.4 is 9.47 Å². The number of ether oxygens (including phenoxy) is 3. The van der Waals surface area contributed by atoms with E-state index >= 15 is 0 Å². The Morgan fingerprint density at radius 1 is 1.04 bits per heavy atom. The lowest BCUT2D eigenvalue weighted by Crippen LogP contribution is -2.30. The van der Waals surface area contributed by atoms with Gasteiger partial charge in [0.1, 0.15) is 0 Å². The van der Waals surface area contributed by atoms with Crippen LogP contribution in [0.4, 0.5) is 4.39 Å². The third kappa shape index (κ3) is 4.77. The Balaban J connectivity index is 1.59. The molecule has 1 aromatic carbocycles. The summed E-state index contributed by atoms with van der Waals surface area (Å²) in [5.74, 6) is 2.50. The normalized spacial score (nSPS) is 28.7. The van der Waals surface area contributed by atoms with Crippen molar-refractivity contribution >= 4 is 0 Å². The lowest BCUT2D eigenvalue weighted by Gasteiger charge is -2.38. The zero-order valence-corrected chi connectivity index (χ0v) is 17.1. The van der Waals surface area contributed by atoms with Gasteiger partial charge >= 0.3 is 0 Å². The smallest absolute Gasteiger partial charge is 0.207 e. The van der Waals surface area contributed by atoms with Crippen molar-refractivity contribution in [2.24, 2.45) is 17.8 Å². The van der Waals surface area contributed by atoms with Crippen molar-refractivity contribution in [3.63, 3.8) is 0 Å². The first-order chi connectivity index (χ1) is 13.2. The minimum absolute atomic E-state index is 0.0854. The van der Waals surface area contributed by atoms with Gasteiger partial charge in [0.25, 0.3) is 0 Å². The molecule has 0 radical (unpaired) electrons. The lowest BCUT2D eigenvalue weighted by atomic mass is 9.73. The van der Waals surface area contributed by atoms with Crippen LogP contribution in [0.3, 0.4) is 0 Å². The van der Waals surface area contributed by atoms with E-state index in [1.54, 1.807) is 6.07 Å². The van der Waals surface area contributed by atoms with E-state index in [2.05, 4.69) is 6.92 Å². The van der Waals surface area contributed by atoms with Crippen LogP contribution >= 0.6 is 0 Å². The minimum Gasteiger partial charge on any atom is -0.493 e. The van der Waals surface area contributed by atoms with Gasteiger partial charge in [-0.25, -0.2) is 0 Å². The van der Waals surface area contributed by atoms with E-state index in [4.69, 9.17) is 14.2 Å². The van der Waals surface area contributed by atoms with Crippen LogP contribution in [0, 0.1) is 23.6 Å². The summed E-state index contributed by atoms with van der Waals surface area (Å²) in [5, 5.41) is 0. The molecule has 1 aliphatic heterocycles. The summed E-state index contributed by atoms with van der Waals surface area (Å²) in [6.45, 7) is 5.35. The van der Waals surface area contributed by atoms with Gasteiger partial charge in [-0.3, -0.25) is 0 Å². The van der Waals surface area contributed by atoms with E-state index in [1.807, 2.05) is 13.0 Å². The van der Waals surface area contributed by atoms with Crippen molar-refractivity contribution in [1.82, 2.24) is 0 Å². The highest BCUT2D eigenvalue weighted by Crippen LogP contribution is 2.44. The van der Waals surface area contributed by atoms with Gasteiger partial charge in [-0.1, -0.05) is 32.6 Å². The molecule has 27 heavy (non-hydrogen) atoms. The molecule has 0 spiro atoms. The van der Waals surface area contributed by atoms with Crippen molar-refractivity contribution in [3.05, 3.63) is 23.5 Å². The van der Waals surface area contributed by atoms with E-state index < -0.39 is 5.82 Å². The molecule has 2 fully saturated rings. The van der Waals surface area contributed by atoms with E-state index in [1.165, 1.54) is 45.6 Å². The molecular formula is C23H35FO3. The molecule has 0 aromatic heterocycles. The zero-order valence-electron chi connectivity index (χ0n) is 17.1. The van der Waals surface area contributed by atoms with Gasteiger partial charge in [-0.2, -0.15) is 4.39 Å². The molecule has 3 nitrogen and oxygen atoms in total. The Morgan fingerprint density at radius 2 is 1.78 bits per heavy atom. The van der Waals surface area contributed by atoms with Crippen molar-refractivity contribution in [2.45, 2.75) is 71.3 Å². The largest absolute Gasteiger partial charge is 0.493 e. The molecule has 1 aromatic rings. The fraction of sp³-hybridized carbons (Fsp3) is 0.739. The monoisotopic (exact) mass is 378 g/mol. The highest BCUT2D eigenvalue weighted by atomic mass is 19.1. The standard InChI is InChI=1S/C23H35FO3/c1-4-6-16-7-9-17(10-8-16)18-11-13-20(27-15-18)19-12-14-21(26-5-2)22(24)23(19)25-3/h12,14,16-18,20H,4-11,13,15H2,1-3H3. The number of benzene rings is 1. The second-order valence-corrected chi connectivity index (χ2v) is 8.16. The van der Waals surface area contributed by atoms with Gasteiger partial charge in [-0.15, -0.1) is 0 Å². The quantitative estimate of drug-likeness (QED) is 0.557. The summed E-state index contributed by atoms with van der Waals surface area (Å²) < 4.78 is 31.6.